The number of rotatable bonds is 4. The number of ether oxygens (including phenoxy) is 2. The highest BCUT2D eigenvalue weighted by molar-refractivity contribution is 9.10. The molecule has 0 N–H and O–H groups in total. The Labute approximate surface area is 164 Å². The number of nitrogens with zero attached hydrogens (tertiary/aromatic N) is 3. The van der Waals surface area contributed by atoms with E-state index in [1.54, 1.807) is 11.8 Å². The monoisotopic (exact) mass is 431 g/mol. The summed E-state index contributed by atoms with van der Waals surface area (Å²) in [5.41, 5.74) is 3.44. The molecule has 2 heterocycles. The van der Waals surface area contributed by atoms with Gasteiger partial charge in [-0.25, -0.2) is 0 Å². The Morgan fingerprint density at radius 2 is 1.81 bits per heavy atom. The van der Waals surface area contributed by atoms with E-state index in [1.807, 2.05) is 31.2 Å². The number of benzene rings is 2. The fourth-order valence-corrected chi connectivity index (χ4v) is 4.52. The highest BCUT2D eigenvalue weighted by atomic mass is 79.9. The van der Waals surface area contributed by atoms with E-state index in [-0.39, 0.29) is 0 Å². The van der Waals surface area contributed by atoms with Crippen molar-refractivity contribution in [2.24, 2.45) is 0 Å². The number of hydrogen-bond donors (Lipinski definition) is 0. The molecule has 7 heteroatoms. The summed E-state index contributed by atoms with van der Waals surface area (Å²) in [6.07, 6.45) is 0. The standard InChI is InChI=1S/C19H18BrN3O2S/c1-12-5-3-4-6-16(12)23-13(2)21-22-19(23)26-11-14-9-17-18(10-15(14)20)25-8-7-24-17/h3-6,9-10H,7-8,11H2,1-2H3. The first kappa shape index (κ1) is 17.4. The molecule has 0 bridgehead atoms. The second-order valence-electron chi connectivity index (χ2n) is 6.03. The molecule has 0 radical (unpaired) electrons. The van der Waals surface area contributed by atoms with Gasteiger partial charge in [-0.3, -0.25) is 4.57 Å². The van der Waals surface area contributed by atoms with Crippen molar-refractivity contribution in [3.63, 3.8) is 0 Å². The van der Waals surface area contributed by atoms with Crippen LogP contribution in [0.5, 0.6) is 11.5 Å². The molecule has 0 fully saturated rings. The number of fused-ring (bicyclic) bond motifs is 1. The highest BCUT2D eigenvalue weighted by Crippen LogP contribution is 2.38. The Kier molecular flexibility index (Phi) is 4.91. The lowest BCUT2D eigenvalue weighted by Crippen LogP contribution is -2.15. The van der Waals surface area contributed by atoms with Gasteiger partial charge in [0.2, 0.25) is 0 Å². The highest BCUT2D eigenvalue weighted by Gasteiger charge is 2.17. The van der Waals surface area contributed by atoms with E-state index in [0.29, 0.717) is 13.2 Å². The topological polar surface area (TPSA) is 49.2 Å². The lowest BCUT2D eigenvalue weighted by Gasteiger charge is -2.20. The fraction of sp³-hybridized carbons (Fsp3) is 0.263. The van der Waals surface area contributed by atoms with Crippen LogP contribution in [0.15, 0.2) is 46.0 Å². The summed E-state index contributed by atoms with van der Waals surface area (Å²) in [7, 11) is 0. The molecular weight excluding hydrogens is 414 g/mol. The van der Waals surface area contributed by atoms with Gasteiger partial charge in [0, 0.05) is 10.2 Å². The molecule has 5 nitrogen and oxygen atoms in total. The van der Waals surface area contributed by atoms with E-state index in [2.05, 4.69) is 49.8 Å². The Hall–Kier alpha value is -1.99. The predicted molar refractivity (Wildman–Crippen MR) is 106 cm³/mol. The van der Waals surface area contributed by atoms with Gasteiger partial charge in [-0.1, -0.05) is 45.9 Å². The van der Waals surface area contributed by atoms with Crippen molar-refractivity contribution in [2.75, 3.05) is 13.2 Å². The van der Waals surface area contributed by atoms with Gasteiger partial charge in [0.15, 0.2) is 16.7 Å². The van der Waals surface area contributed by atoms with Gasteiger partial charge >= 0.3 is 0 Å². The van der Waals surface area contributed by atoms with Crippen LogP contribution >= 0.6 is 27.7 Å². The molecule has 1 aliphatic rings. The Morgan fingerprint density at radius 3 is 2.58 bits per heavy atom. The van der Waals surface area contributed by atoms with Crippen LogP contribution in [0, 0.1) is 13.8 Å². The average Bonchev–Trinajstić information content (AvgIpc) is 3.01. The van der Waals surface area contributed by atoms with Gasteiger partial charge in [0.1, 0.15) is 19.0 Å². The van der Waals surface area contributed by atoms with Crippen molar-refractivity contribution >= 4 is 27.7 Å². The second kappa shape index (κ2) is 7.32. The lowest BCUT2D eigenvalue weighted by molar-refractivity contribution is 0.171. The SMILES string of the molecule is Cc1ccccc1-n1c(C)nnc1SCc1cc2c(cc1Br)OCCO2. The molecule has 0 atom stereocenters. The summed E-state index contributed by atoms with van der Waals surface area (Å²) in [5.74, 6) is 3.21. The zero-order chi connectivity index (χ0) is 18.1. The fourth-order valence-electron chi connectivity index (χ4n) is 2.89. The summed E-state index contributed by atoms with van der Waals surface area (Å²) < 4.78 is 14.4. The molecule has 3 aromatic rings. The van der Waals surface area contributed by atoms with Crippen molar-refractivity contribution in [3.8, 4) is 17.2 Å². The maximum Gasteiger partial charge on any atom is 0.196 e. The Morgan fingerprint density at radius 1 is 1.08 bits per heavy atom. The van der Waals surface area contributed by atoms with Crippen LogP contribution in [0.25, 0.3) is 5.69 Å². The number of aryl methyl sites for hydroxylation is 2. The number of halogens is 1. The van der Waals surface area contributed by atoms with Crippen LogP contribution in [0.2, 0.25) is 0 Å². The Bertz CT molecular complexity index is 958. The van der Waals surface area contributed by atoms with Gasteiger partial charge in [0.05, 0.1) is 5.69 Å². The third-order valence-corrected chi connectivity index (χ3v) is 5.94. The molecule has 0 aliphatic carbocycles. The molecule has 26 heavy (non-hydrogen) atoms. The molecule has 0 saturated carbocycles. The number of aromatic nitrogens is 3. The number of hydrogen-bond acceptors (Lipinski definition) is 5. The Balaban J connectivity index is 1.61. The van der Waals surface area contributed by atoms with Crippen LogP contribution in [0.1, 0.15) is 17.0 Å². The van der Waals surface area contributed by atoms with Gasteiger partial charge in [-0.05, 0) is 43.2 Å². The molecular formula is C19H18BrN3O2S. The van der Waals surface area contributed by atoms with Crippen molar-refractivity contribution in [3.05, 3.63) is 57.8 Å². The van der Waals surface area contributed by atoms with Crippen LogP contribution in [0.3, 0.4) is 0 Å². The minimum absolute atomic E-state index is 0.585. The lowest BCUT2D eigenvalue weighted by atomic mass is 10.2. The van der Waals surface area contributed by atoms with E-state index >= 15 is 0 Å². The summed E-state index contributed by atoms with van der Waals surface area (Å²) in [6.45, 7) is 5.25. The minimum Gasteiger partial charge on any atom is -0.486 e. The number of thioether (sulfide) groups is 1. The average molecular weight is 432 g/mol. The normalized spacial score (nSPS) is 13.0. The van der Waals surface area contributed by atoms with Gasteiger partial charge in [-0.15, -0.1) is 10.2 Å². The van der Waals surface area contributed by atoms with E-state index in [0.717, 1.165) is 44.0 Å². The smallest absolute Gasteiger partial charge is 0.196 e. The first-order valence-corrected chi connectivity index (χ1v) is 10.1. The van der Waals surface area contributed by atoms with E-state index in [4.69, 9.17) is 9.47 Å². The molecule has 1 aromatic heterocycles. The zero-order valence-electron chi connectivity index (χ0n) is 14.5. The van der Waals surface area contributed by atoms with Gasteiger partial charge < -0.3 is 9.47 Å². The maximum atomic E-state index is 5.70. The quantitative estimate of drug-likeness (QED) is 0.559. The summed E-state index contributed by atoms with van der Waals surface area (Å²) in [6, 6.07) is 12.3. The maximum absolute atomic E-state index is 5.70. The van der Waals surface area contributed by atoms with Crippen LogP contribution in [0.4, 0.5) is 0 Å². The molecule has 0 spiro atoms. The number of para-hydroxylation sites is 1. The van der Waals surface area contributed by atoms with Crippen molar-refractivity contribution in [2.45, 2.75) is 24.8 Å². The predicted octanol–water partition coefficient (Wildman–Crippen LogP) is 4.71. The van der Waals surface area contributed by atoms with Crippen molar-refractivity contribution < 1.29 is 9.47 Å². The van der Waals surface area contributed by atoms with Crippen LogP contribution in [-0.2, 0) is 5.75 Å². The molecule has 1 aliphatic heterocycles. The first-order chi connectivity index (χ1) is 12.6. The van der Waals surface area contributed by atoms with E-state index < -0.39 is 0 Å². The molecule has 0 unspecified atom stereocenters. The van der Waals surface area contributed by atoms with Gasteiger partial charge in [-0.2, -0.15) is 0 Å². The van der Waals surface area contributed by atoms with Crippen molar-refractivity contribution in [1.29, 1.82) is 0 Å². The second-order valence-corrected chi connectivity index (χ2v) is 7.82. The van der Waals surface area contributed by atoms with Crippen molar-refractivity contribution in [1.82, 2.24) is 14.8 Å². The molecule has 2 aromatic carbocycles. The van der Waals surface area contributed by atoms with E-state index in [1.165, 1.54) is 5.56 Å². The third-order valence-electron chi connectivity index (χ3n) is 4.22. The minimum atomic E-state index is 0.585. The summed E-state index contributed by atoms with van der Waals surface area (Å²) >= 11 is 5.29. The van der Waals surface area contributed by atoms with Gasteiger partial charge in [0.25, 0.3) is 0 Å². The molecule has 134 valence electrons. The molecule has 0 amide bonds. The third kappa shape index (κ3) is 3.33. The largest absolute Gasteiger partial charge is 0.486 e. The summed E-state index contributed by atoms with van der Waals surface area (Å²) in [5, 5.41) is 9.52. The molecule has 0 saturated heterocycles. The van der Waals surface area contributed by atoms with Crippen LogP contribution < -0.4 is 9.47 Å². The molecule has 4 rings (SSSR count). The zero-order valence-corrected chi connectivity index (χ0v) is 16.9. The van der Waals surface area contributed by atoms with E-state index in [9.17, 15) is 0 Å². The first-order valence-electron chi connectivity index (χ1n) is 8.32. The summed E-state index contributed by atoms with van der Waals surface area (Å²) in [4.78, 5) is 0. The van der Waals surface area contributed by atoms with Crippen LogP contribution in [-0.4, -0.2) is 28.0 Å².